The molecule has 1 fully saturated rings. The number of nitrogens with zero attached hydrogens (tertiary/aromatic N) is 1. The van der Waals surface area contributed by atoms with Crippen molar-refractivity contribution >= 4 is 34.2 Å². The number of thioether (sulfide) groups is 1. The average molecular weight is 288 g/mol. The van der Waals surface area contributed by atoms with Crippen LogP contribution in [0.2, 0.25) is 0 Å². The maximum atomic E-state index is 11.9. The lowest BCUT2D eigenvalue weighted by Crippen LogP contribution is -2.34. The van der Waals surface area contributed by atoms with E-state index in [2.05, 4.69) is 24.1 Å². The second-order valence-electron chi connectivity index (χ2n) is 5.19. The van der Waals surface area contributed by atoms with Crippen molar-refractivity contribution in [3.8, 4) is 0 Å². The van der Waals surface area contributed by atoms with E-state index in [-0.39, 0.29) is 11.2 Å². The van der Waals surface area contributed by atoms with E-state index in [9.17, 15) is 4.79 Å². The van der Waals surface area contributed by atoms with Gasteiger partial charge in [-0.05, 0) is 32.1 Å². The van der Waals surface area contributed by atoms with Gasteiger partial charge in [0.15, 0.2) is 0 Å². The number of nitrogens with one attached hydrogen (secondary N) is 1. The van der Waals surface area contributed by atoms with E-state index in [4.69, 9.17) is 12.2 Å². The monoisotopic (exact) mass is 288 g/mol. The molecule has 0 radical (unpaired) electrons. The number of hydrogen-bond donors (Lipinski definition) is 1. The number of hydrogen-bond acceptors (Lipinski definition) is 3. The molecule has 1 unspecified atom stereocenters. The molecular weight excluding hydrogens is 264 g/mol. The molecule has 1 atom stereocenters. The maximum Gasteiger partial charge on any atom is 0.233 e. The van der Waals surface area contributed by atoms with Gasteiger partial charge in [0.1, 0.15) is 4.32 Å². The molecule has 0 bridgehead atoms. The van der Waals surface area contributed by atoms with Crippen molar-refractivity contribution in [2.75, 3.05) is 19.6 Å². The van der Waals surface area contributed by atoms with Crippen molar-refractivity contribution < 1.29 is 4.79 Å². The molecule has 0 aliphatic carbocycles. The van der Waals surface area contributed by atoms with Gasteiger partial charge in [-0.1, -0.05) is 37.8 Å². The number of thiocarbonyl (C=S) groups is 1. The van der Waals surface area contributed by atoms with Crippen LogP contribution in [-0.4, -0.2) is 40.0 Å². The Morgan fingerprint density at radius 1 is 1.33 bits per heavy atom. The summed E-state index contributed by atoms with van der Waals surface area (Å²) in [5, 5.41) is 2.88. The van der Waals surface area contributed by atoms with Crippen LogP contribution in [0.5, 0.6) is 0 Å². The van der Waals surface area contributed by atoms with E-state index in [0.717, 1.165) is 30.4 Å². The number of amides is 1. The van der Waals surface area contributed by atoms with Crippen molar-refractivity contribution in [1.29, 1.82) is 0 Å². The summed E-state index contributed by atoms with van der Waals surface area (Å²) < 4.78 is 0.874. The van der Waals surface area contributed by atoms with E-state index >= 15 is 0 Å². The lowest BCUT2D eigenvalue weighted by molar-refractivity contribution is -0.120. The number of carbonyl (C=O) groups is 1. The Morgan fingerprint density at radius 3 is 2.50 bits per heavy atom. The van der Waals surface area contributed by atoms with Crippen LogP contribution in [0.1, 0.15) is 40.0 Å². The maximum absolute atomic E-state index is 11.9. The van der Waals surface area contributed by atoms with Gasteiger partial charge in [0.2, 0.25) is 5.91 Å². The molecule has 0 aromatic carbocycles. The third kappa shape index (κ3) is 5.57. The molecule has 1 aliphatic heterocycles. The Morgan fingerprint density at radius 2 is 1.94 bits per heavy atom. The van der Waals surface area contributed by atoms with E-state index < -0.39 is 0 Å². The molecule has 1 amide bonds. The first-order chi connectivity index (χ1) is 8.50. The SMILES string of the molecule is CC(C)CCNC(=O)C(C)SC(=S)N1CCCC1. The first kappa shape index (κ1) is 15.8. The molecule has 1 saturated heterocycles. The smallest absolute Gasteiger partial charge is 0.233 e. The van der Waals surface area contributed by atoms with Crippen LogP contribution in [-0.2, 0) is 4.79 Å². The molecule has 5 heteroatoms. The minimum absolute atomic E-state index is 0.0923. The van der Waals surface area contributed by atoms with Gasteiger partial charge in [0, 0.05) is 19.6 Å². The highest BCUT2D eigenvalue weighted by Gasteiger charge is 2.20. The van der Waals surface area contributed by atoms with Crippen LogP contribution in [0.4, 0.5) is 0 Å². The summed E-state index contributed by atoms with van der Waals surface area (Å²) in [4.78, 5) is 14.1. The Balaban J connectivity index is 2.23. The van der Waals surface area contributed by atoms with E-state index in [0.29, 0.717) is 5.92 Å². The average Bonchev–Trinajstić information content (AvgIpc) is 2.81. The summed E-state index contributed by atoms with van der Waals surface area (Å²) in [6.45, 7) is 9.11. The number of rotatable bonds is 5. The van der Waals surface area contributed by atoms with E-state index in [1.165, 1.54) is 24.6 Å². The molecular formula is C13H24N2OS2. The van der Waals surface area contributed by atoms with Crippen LogP contribution in [0.3, 0.4) is 0 Å². The van der Waals surface area contributed by atoms with Gasteiger partial charge in [-0.3, -0.25) is 4.79 Å². The molecule has 0 saturated carbocycles. The van der Waals surface area contributed by atoms with Crippen molar-refractivity contribution in [2.45, 2.75) is 45.3 Å². The first-order valence-electron chi connectivity index (χ1n) is 6.74. The van der Waals surface area contributed by atoms with Gasteiger partial charge in [-0.25, -0.2) is 0 Å². The van der Waals surface area contributed by atoms with Crippen molar-refractivity contribution in [3.05, 3.63) is 0 Å². The first-order valence-corrected chi connectivity index (χ1v) is 8.02. The van der Waals surface area contributed by atoms with Gasteiger partial charge in [0.05, 0.1) is 5.25 Å². The standard InChI is InChI=1S/C13H24N2OS2/c1-10(2)6-7-14-12(16)11(3)18-13(17)15-8-4-5-9-15/h10-11H,4-9H2,1-3H3,(H,14,16). The topological polar surface area (TPSA) is 32.3 Å². The van der Waals surface area contributed by atoms with Crippen LogP contribution in [0.25, 0.3) is 0 Å². The molecule has 1 N–H and O–H groups in total. The molecule has 104 valence electrons. The Kier molecular flexibility index (Phi) is 7.00. The molecule has 0 spiro atoms. The summed E-state index contributed by atoms with van der Waals surface area (Å²) in [5.41, 5.74) is 0. The van der Waals surface area contributed by atoms with Crippen molar-refractivity contribution in [3.63, 3.8) is 0 Å². The summed E-state index contributed by atoms with van der Waals surface area (Å²) in [7, 11) is 0. The highest BCUT2D eigenvalue weighted by Crippen LogP contribution is 2.20. The van der Waals surface area contributed by atoms with Crippen LogP contribution in [0.15, 0.2) is 0 Å². The fraction of sp³-hybridized carbons (Fsp3) is 0.846. The fourth-order valence-electron chi connectivity index (χ4n) is 1.81. The second kappa shape index (κ2) is 8.00. The zero-order valence-corrected chi connectivity index (χ0v) is 13.2. The minimum Gasteiger partial charge on any atom is -0.358 e. The molecule has 1 aliphatic rings. The van der Waals surface area contributed by atoms with Gasteiger partial charge in [-0.15, -0.1) is 0 Å². The van der Waals surface area contributed by atoms with Crippen LogP contribution < -0.4 is 5.32 Å². The van der Waals surface area contributed by atoms with Crippen molar-refractivity contribution in [2.24, 2.45) is 5.92 Å². The molecule has 0 aromatic heterocycles. The summed E-state index contributed by atoms with van der Waals surface area (Å²) in [6.07, 6.45) is 3.46. The zero-order valence-electron chi connectivity index (χ0n) is 11.6. The predicted molar refractivity (Wildman–Crippen MR) is 82.9 cm³/mol. The normalized spacial score (nSPS) is 17.0. The van der Waals surface area contributed by atoms with Gasteiger partial charge >= 0.3 is 0 Å². The predicted octanol–water partition coefficient (Wildman–Crippen LogP) is 2.65. The van der Waals surface area contributed by atoms with Crippen molar-refractivity contribution in [1.82, 2.24) is 10.2 Å². The van der Waals surface area contributed by atoms with Gasteiger partial charge < -0.3 is 10.2 Å². The highest BCUT2D eigenvalue weighted by atomic mass is 32.2. The van der Waals surface area contributed by atoms with E-state index in [1.807, 2.05) is 6.92 Å². The molecule has 1 rings (SSSR count). The third-order valence-corrected chi connectivity index (χ3v) is 4.61. The Labute approximate surface area is 120 Å². The largest absolute Gasteiger partial charge is 0.358 e. The van der Waals surface area contributed by atoms with E-state index in [1.54, 1.807) is 0 Å². The van der Waals surface area contributed by atoms with Gasteiger partial charge in [-0.2, -0.15) is 0 Å². The van der Waals surface area contributed by atoms with Gasteiger partial charge in [0.25, 0.3) is 0 Å². The van der Waals surface area contributed by atoms with Crippen LogP contribution >= 0.6 is 24.0 Å². The minimum atomic E-state index is -0.0923. The quantitative estimate of drug-likeness (QED) is 0.788. The lowest BCUT2D eigenvalue weighted by atomic mass is 10.1. The Bertz CT molecular complexity index is 289. The fourth-order valence-corrected chi connectivity index (χ4v) is 3.25. The number of carbonyl (C=O) groups excluding carboxylic acids is 1. The third-order valence-electron chi connectivity index (χ3n) is 3.03. The second-order valence-corrected chi connectivity index (χ2v) is 7.17. The molecule has 1 heterocycles. The molecule has 3 nitrogen and oxygen atoms in total. The zero-order chi connectivity index (χ0) is 13.5. The molecule has 18 heavy (non-hydrogen) atoms. The Hall–Kier alpha value is -0.290. The highest BCUT2D eigenvalue weighted by molar-refractivity contribution is 8.23. The molecule has 0 aromatic rings. The summed E-state index contributed by atoms with van der Waals surface area (Å²) in [5.74, 6) is 0.723. The number of likely N-dealkylation sites (tertiary alicyclic amines) is 1. The lowest BCUT2D eigenvalue weighted by Gasteiger charge is -2.20. The van der Waals surface area contributed by atoms with Crippen LogP contribution in [0, 0.1) is 5.92 Å². The summed E-state index contributed by atoms with van der Waals surface area (Å²) >= 11 is 6.88. The summed E-state index contributed by atoms with van der Waals surface area (Å²) in [6, 6.07) is 0.